The lowest BCUT2D eigenvalue weighted by molar-refractivity contribution is -0.116. The zero-order valence-electron chi connectivity index (χ0n) is 10.9. The summed E-state index contributed by atoms with van der Waals surface area (Å²) in [6, 6.07) is 7.33. The monoisotopic (exact) mass is 261 g/mol. The zero-order chi connectivity index (χ0) is 13.7. The molecule has 0 saturated heterocycles. The van der Waals surface area contributed by atoms with Crippen molar-refractivity contribution in [3.05, 3.63) is 24.3 Å². The van der Waals surface area contributed by atoms with E-state index in [-0.39, 0.29) is 12.1 Å². The molecule has 1 amide bonds. The third-order valence-corrected chi connectivity index (χ3v) is 2.78. The Morgan fingerprint density at radius 2 is 1.89 bits per heavy atom. The van der Waals surface area contributed by atoms with Crippen LogP contribution in [-0.2, 0) is 4.79 Å². The third-order valence-electron chi connectivity index (χ3n) is 2.78. The molecular weight excluding hydrogens is 246 g/mol. The number of methoxy groups -OCH3 is 1. The van der Waals surface area contributed by atoms with Crippen molar-refractivity contribution in [1.82, 2.24) is 0 Å². The first-order valence-corrected chi connectivity index (χ1v) is 5.93. The summed E-state index contributed by atoms with van der Waals surface area (Å²) in [5.41, 5.74) is 0.820. The minimum absolute atomic E-state index is 0.0305. The Morgan fingerprint density at radius 3 is 2.42 bits per heavy atom. The number of carbonyl (C=O) groups is 1. The molecule has 1 heterocycles. The minimum atomic E-state index is -0.278. The van der Waals surface area contributed by atoms with Gasteiger partial charge in [0, 0.05) is 25.6 Å². The van der Waals surface area contributed by atoms with Gasteiger partial charge >= 0.3 is 0 Å². The highest BCUT2D eigenvalue weighted by Crippen LogP contribution is 2.20. The first-order chi connectivity index (χ1) is 9.20. The second kappa shape index (κ2) is 6.03. The Labute approximate surface area is 111 Å². The van der Waals surface area contributed by atoms with Gasteiger partial charge < -0.3 is 9.64 Å². The number of carbonyl (C=O) groups excluding carboxylic acids is 1. The molecule has 7 nitrogen and oxygen atoms in total. The second-order valence-corrected chi connectivity index (χ2v) is 4.05. The molecule has 7 heteroatoms. The molecule has 0 N–H and O–H groups in total. The molecule has 0 unspecified atom stereocenters. The summed E-state index contributed by atoms with van der Waals surface area (Å²) in [4.78, 5) is 13.4. The molecule has 0 saturated carbocycles. The van der Waals surface area contributed by atoms with Crippen molar-refractivity contribution >= 4 is 11.6 Å². The highest BCUT2D eigenvalue weighted by Gasteiger charge is 2.16. The predicted molar refractivity (Wildman–Crippen MR) is 69.1 cm³/mol. The fourth-order valence-corrected chi connectivity index (χ4v) is 1.78. The number of nitrogens with zero attached hydrogens (tertiary/aromatic N) is 5. The first-order valence-electron chi connectivity index (χ1n) is 5.93. The average Bonchev–Trinajstić information content (AvgIpc) is 2.92. The fourth-order valence-electron chi connectivity index (χ4n) is 1.78. The van der Waals surface area contributed by atoms with E-state index in [0.717, 1.165) is 11.4 Å². The second-order valence-electron chi connectivity index (χ2n) is 4.05. The molecule has 2 rings (SSSR count). The highest BCUT2D eigenvalue weighted by molar-refractivity contribution is 5.91. The normalized spacial score (nSPS) is 13.8. The first kappa shape index (κ1) is 13.1. The van der Waals surface area contributed by atoms with Crippen molar-refractivity contribution < 1.29 is 9.53 Å². The molecule has 0 bridgehead atoms. The molecule has 1 aliphatic heterocycles. The topological polar surface area (TPSA) is 79.0 Å². The van der Waals surface area contributed by atoms with Crippen molar-refractivity contribution in [2.75, 3.05) is 18.6 Å². The smallest absolute Gasteiger partial charge is 0.223 e. The van der Waals surface area contributed by atoms with Crippen LogP contribution >= 0.6 is 0 Å². The predicted octanol–water partition coefficient (Wildman–Crippen LogP) is 2.60. The molecular formula is C12H15N5O2. The van der Waals surface area contributed by atoms with Gasteiger partial charge in [-0.2, -0.15) is 0 Å². The lowest BCUT2D eigenvalue weighted by atomic mass is 10.2. The van der Waals surface area contributed by atoms with E-state index < -0.39 is 0 Å². The van der Waals surface area contributed by atoms with Gasteiger partial charge in [-0.15, -0.1) is 10.2 Å². The summed E-state index contributed by atoms with van der Waals surface area (Å²) < 4.78 is 5.09. The molecule has 0 aromatic heterocycles. The molecule has 1 aromatic carbocycles. The van der Waals surface area contributed by atoms with Gasteiger partial charge in [-0.3, -0.25) is 4.79 Å². The summed E-state index contributed by atoms with van der Waals surface area (Å²) >= 11 is 0. The maximum atomic E-state index is 11.7. The van der Waals surface area contributed by atoms with Crippen LogP contribution < -0.4 is 9.64 Å². The van der Waals surface area contributed by atoms with Crippen molar-refractivity contribution in [2.45, 2.75) is 19.5 Å². The quantitative estimate of drug-likeness (QED) is 0.816. The molecule has 0 fully saturated rings. The number of rotatable bonds is 5. The Balaban J connectivity index is 2.03. The maximum absolute atomic E-state index is 11.7. The SMILES string of the molecule is COc1ccc(N(CCC2N=NN=N2)C(C)=O)cc1. The molecule has 1 aromatic rings. The van der Waals surface area contributed by atoms with Crippen LogP contribution in [0.15, 0.2) is 44.9 Å². The fraction of sp³-hybridized carbons (Fsp3) is 0.417. The Bertz CT molecular complexity index is 485. The maximum Gasteiger partial charge on any atom is 0.223 e. The van der Waals surface area contributed by atoms with Crippen LogP contribution in [0.3, 0.4) is 0 Å². The lowest BCUT2D eigenvalue weighted by Gasteiger charge is -2.21. The summed E-state index contributed by atoms with van der Waals surface area (Å²) in [7, 11) is 1.61. The number of benzene rings is 1. The summed E-state index contributed by atoms with van der Waals surface area (Å²) in [5.74, 6) is 0.725. The molecule has 0 aliphatic carbocycles. The van der Waals surface area contributed by atoms with Crippen LogP contribution in [0.1, 0.15) is 13.3 Å². The number of anilines is 1. The highest BCUT2D eigenvalue weighted by atomic mass is 16.5. The van der Waals surface area contributed by atoms with E-state index in [4.69, 9.17) is 4.74 Å². The summed E-state index contributed by atoms with van der Waals surface area (Å²) in [6.07, 6.45) is 0.318. The van der Waals surface area contributed by atoms with Crippen molar-refractivity contribution in [3.8, 4) is 5.75 Å². The summed E-state index contributed by atoms with van der Waals surface area (Å²) in [5, 5.41) is 14.5. The Hall–Kier alpha value is -2.31. The molecule has 1 aliphatic rings. The molecule has 0 radical (unpaired) electrons. The van der Waals surface area contributed by atoms with Crippen LogP contribution in [0, 0.1) is 0 Å². The van der Waals surface area contributed by atoms with Crippen LogP contribution in [-0.4, -0.2) is 25.7 Å². The third kappa shape index (κ3) is 3.34. The van der Waals surface area contributed by atoms with Gasteiger partial charge in [0.2, 0.25) is 5.91 Å². The van der Waals surface area contributed by atoms with Gasteiger partial charge in [0.1, 0.15) is 5.75 Å². The van der Waals surface area contributed by atoms with E-state index in [1.807, 2.05) is 24.3 Å². The van der Waals surface area contributed by atoms with Gasteiger partial charge in [0.25, 0.3) is 0 Å². The van der Waals surface area contributed by atoms with Crippen molar-refractivity contribution in [3.63, 3.8) is 0 Å². The average molecular weight is 261 g/mol. The summed E-state index contributed by atoms with van der Waals surface area (Å²) in [6.45, 7) is 2.05. The van der Waals surface area contributed by atoms with Crippen molar-refractivity contribution in [2.24, 2.45) is 20.7 Å². The van der Waals surface area contributed by atoms with E-state index >= 15 is 0 Å². The Morgan fingerprint density at radius 1 is 1.26 bits per heavy atom. The number of amides is 1. The van der Waals surface area contributed by atoms with E-state index in [2.05, 4.69) is 20.7 Å². The van der Waals surface area contributed by atoms with Gasteiger partial charge in [0.15, 0.2) is 6.17 Å². The minimum Gasteiger partial charge on any atom is -0.497 e. The molecule has 0 spiro atoms. The van der Waals surface area contributed by atoms with Gasteiger partial charge in [0.05, 0.1) is 7.11 Å². The van der Waals surface area contributed by atoms with Crippen LogP contribution in [0.5, 0.6) is 5.75 Å². The van der Waals surface area contributed by atoms with E-state index in [1.54, 1.807) is 12.0 Å². The van der Waals surface area contributed by atoms with Crippen LogP contribution in [0.2, 0.25) is 0 Å². The lowest BCUT2D eigenvalue weighted by Crippen LogP contribution is -2.30. The van der Waals surface area contributed by atoms with Crippen molar-refractivity contribution in [1.29, 1.82) is 0 Å². The number of ether oxygens (including phenoxy) is 1. The van der Waals surface area contributed by atoms with E-state index in [9.17, 15) is 4.79 Å². The van der Waals surface area contributed by atoms with E-state index in [0.29, 0.717) is 13.0 Å². The van der Waals surface area contributed by atoms with Crippen LogP contribution in [0.25, 0.3) is 0 Å². The molecule has 100 valence electrons. The number of hydrogen-bond acceptors (Lipinski definition) is 6. The van der Waals surface area contributed by atoms with Gasteiger partial charge in [-0.25, -0.2) is 0 Å². The van der Waals surface area contributed by atoms with E-state index in [1.165, 1.54) is 6.92 Å². The van der Waals surface area contributed by atoms with Gasteiger partial charge in [-0.1, -0.05) is 0 Å². The Kier molecular flexibility index (Phi) is 4.17. The largest absolute Gasteiger partial charge is 0.497 e. The van der Waals surface area contributed by atoms with Gasteiger partial charge in [-0.05, 0) is 34.7 Å². The molecule has 19 heavy (non-hydrogen) atoms. The van der Waals surface area contributed by atoms with Crippen LogP contribution in [0.4, 0.5) is 5.69 Å². The zero-order valence-corrected chi connectivity index (χ0v) is 10.9. The molecule has 0 atom stereocenters. The standard InChI is InChI=1S/C12H15N5O2/c1-9(18)17(8-7-12-13-15-16-14-12)10-3-5-11(19-2)6-4-10/h3-6,12H,7-8H2,1-2H3. The number of hydrogen-bond donors (Lipinski definition) is 0.